The molecular formula is C13H14N4O4. The number of aromatic nitrogens is 1. The highest BCUT2D eigenvalue weighted by molar-refractivity contribution is 5.99. The Kier molecular flexibility index (Phi) is 4.17. The van der Waals surface area contributed by atoms with Gasteiger partial charge in [-0.25, -0.2) is 4.98 Å². The van der Waals surface area contributed by atoms with Crippen molar-refractivity contribution in [2.75, 3.05) is 12.4 Å². The Morgan fingerprint density at radius 1 is 1.52 bits per heavy atom. The average Bonchev–Trinajstić information content (AvgIpc) is 3.00. The Bertz CT molecular complexity index is 654. The van der Waals surface area contributed by atoms with Crippen LogP contribution in [0.25, 0.3) is 0 Å². The number of anilines is 1. The van der Waals surface area contributed by atoms with Crippen LogP contribution < -0.4 is 10.6 Å². The van der Waals surface area contributed by atoms with Crippen LogP contribution in [0.15, 0.2) is 35.1 Å². The Morgan fingerprint density at radius 3 is 2.86 bits per heavy atom. The van der Waals surface area contributed by atoms with E-state index in [2.05, 4.69) is 15.6 Å². The lowest BCUT2D eigenvalue weighted by Gasteiger charge is -2.13. The van der Waals surface area contributed by atoms with E-state index in [1.54, 1.807) is 26.1 Å². The van der Waals surface area contributed by atoms with Crippen LogP contribution >= 0.6 is 0 Å². The lowest BCUT2D eigenvalue weighted by Crippen LogP contribution is -2.27. The number of rotatable bonds is 5. The second-order valence-electron chi connectivity index (χ2n) is 4.31. The van der Waals surface area contributed by atoms with Gasteiger partial charge in [0.1, 0.15) is 17.8 Å². The molecule has 0 fully saturated rings. The van der Waals surface area contributed by atoms with E-state index in [0.29, 0.717) is 5.76 Å². The summed E-state index contributed by atoms with van der Waals surface area (Å²) in [6, 6.07) is 4.27. The molecule has 2 N–H and O–H groups in total. The van der Waals surface area contributed by atoms with Crippen molar-refractivity contribution in [1.82, 2.24) is 10.3 Å². The molecular weight excluding hydrogens is 276 g/mol. The molecule has 2 aromatic rings. The molecule has 0 bridgehead atoms. The third-order valence-corrected chi connectivity index (χ3v) is 2.88. The summed E-state index contributed by atoms with van der Waals surface area (Å²) >= 11 is 0. The number of carbonyl (C=O) groups excluding carboxylic acids is 1. The van der Waals surface area contributed by atoms with Crippen molar-refractivity contribution in [2.45, 2.75) is 13.0 Å². The lowest BCUT2D eigenvalue weighted by molar-refractivity contribution is -0.385. The fourth-order valence-electron chi connectivity index (χ4n) is 1.81. The summed E-state index contributed by atoms with van der Waals surface area (Å²) < 4.78 is 5.20. The highest BCUT2D eigenvalue weighted by Gasteiger charge is 2.20. The van der Waals surface area contributed by atoms with Crippen molar-refractivity contribution in [1.29, 1.82) is 0 Å². The van der Waals surface area contributed by atoms with Gasteiger partial charge in [-0.2, -0.15) is 0 Å². The molecule has 0 aliphatic heterocycles. The molecule has 2 aromatic heterocycles. The maximum atomic E-state index is 12.2. The number of amides is 1. The van der Waals surface area contributed by atoms with Crippen LogP contribution in [-0.2, 0) is 0 Å². The third kappa shape index (κ3) is 3.16. The zero-order chi connectivity index (χ0) is 15.4. The molecule has 2 heterocycles. The Hall–Kier alpha value is -2.90. The van der Waals surface area contributed by atoms with Crippen LogP contribution in [0.5, 0.6) is 0 Å². The fraction of sp³-hybridized carbons (Fsp3) is 0.231. The summed E-state index contributed by atoms with van der Waals surface area (Å²) in [5, 5.41) is 16.2. The van der Waals surface area contributed by atoms with Crippen LogP contribution in [-0.4, -0.2) is 22.9 Å². The fourth-order valence-corrected chi connectivity index (χ4v) is 1.81. The number of nitro groups is 1. The van der Waals surface area contributed by atoms with E-state index in [1.165, 1.54) is 12.3 Å². The molecule has 0 saturated carbocycles. The lowest BCUT2D eigenvalue weighted by atomic mass is 10.2. The molecule has 21 heavy (non-hydrogen) atoms. The van der Waals surface area contributed by atoms with Gasteiger partial charge in [0, 0.05) is 13.1 Å². The number of nitrogens with one attached hydrogen (secondary N) is 2. The van der Waals surface area contributed by atoms with Crippen molar-refractivity contribution >= 4 is 17.4 Å². The summed E-state index contributed by atoms with van der Waals surface area (Å²) in [7, 11) is 1.58. The highest BCUT2D eigenvalue weighted by atomic mass is 16.6. The molecule has 8 nitrogen and oxygen atoms in total. The minimum absolute atomic E-state index is 0.102. The number of furan rings is 1. The van der Waals surface area contributed by atoms with Crippen LogP contribution in [0.1, 0.15) is 29.1 Å². The van der Waals surface area contributed by atoms with Gasteiger partial charge in [-0.05, 0) is 19.1 Å². The SMILES string of the molecule is CNc1ncc([N+](=O)[O-])cc1C(=O)NC(C)c1ccco1. The summed E-state index contributed by atoms with van der Waals surface area (Å²) in [5.41, 5.74) is -0.144. The molecule has 0 aliphatic carbocycles. The second kappa shape index (κ2) is 6.04. The Balaban J connectivity index is 2.25. The van der Waals surface area contributed by atoms with Crippen LogP contribution in [0, 0.1) is 10.1 Å². The number of nitrogens with zero attached hydrogens (tertiary/aromatic N) is 2. The van der Waals surface area contributed by atoms with Gasteiger partial charge >= 0.3 is 0 Å². The van der Waals surface area contributed by atoms with Gasteiger partial charge < -0.3 is 15.1 Å². The first-order valence-electron chi connectivity index (χ1n) is 6.19. The van der Waals surface area contributed by atoms with Gasteiger partial charge in [-0.3, -0.25) is 14.9 Å². The minimum Gasteiger partial charge on any atom is -0.467 e. The van der Waals surface area contributed by atoms with E-state index in [-0.39, 0.29) is 23.1 Å². The van der Waals surface area contributed by atoms with E-state index in [4.69, 9.17) is 4.42 Å². The molecule has 8 heteroatoms. The standard InChI is InChI=1S/C13H14N4O4/c1-8(11-4-3-5-21-11)16-13(18)10-6-9(17(19)20)7-15-12(10)14-2/h3-8H,1-2H3,(H,14,15)(H,16,18). The maximum absolute atomic E-state index is 12.2. The normalized spacial score (nSPS) is 11.7. The number of carbonyl (C=O) groups is 1. The van der Waals surface area contributed by atoms with Crippen molar-refractivity contribution in [2.24, 2.45) is 0 Å². The maximum Gasteiger partial charge on any atom is 0.288 e. The molecule has 110 valence electrons. The predicted octanol–water partition coefficient (Wildman–Crippen LogP) is 2.12. The van der Waals surface area contributed by atoms with Crippen LogP contribution in [0.2, 0.25) is 0 Å². The summed E-state index contributed by atoms with van der Waals surface area (Å²) in [4.78, 5) is 26.3. The average molecular weight is 290 g/mol. The second-order valence-corrected chi connectivity index (χ2v) is 4.31. The van der Waals surface area contributed by atoms with E-state index in [9.17, 15) is 14.9 Å². The van der Waals surface area contributed by atoms with Gasteiger partial charge in [0.05, 0.1) is 22.8 Å². The van der Waals surface area contributed by atoms with Crippen molar-refractivity contribution in [3.8, 4) is 0 Å². The Morgan fingerprint density at radius 2 is 2.29 bits per heavy atom. The van der Waals surface area contributed by atoms with Crippen molar-refractivity contribution < 1.29 is 14.1 Å². The molecule has 2 rings (SSSR count). The van der Waals surface area contributed by atoms with E-state index >= 15 is 0 Å². The minimum atomic E-state index is -0.598. The Labute approximate surface area is 120 Å². The first-order valence-corrected chi connectivity index (χ1v) is 6.19. The largest absolute Gasteiger partial charge is 0.467 e. The van der Waals surface area contributed by atoms with Gasteiger partial charge in [0.25, 0.3) is 11.6 Å². The molecule has 1 atom stereocenters. The van der Waals surface area contributed by atoms with Crippen molar-refractivity contribution in [3.05, 3.63) is 52.1 Å². The first kappa shape index (κ1) is 14.5. The zero-order valence-corrected chi connectivity index (χ0v) is 11.5. The van der Waals surface area contributed by atoms with Gasteiger partial charge in [0.2, 0.25) is 0 Å². The molecule has 0 saturated heterocycles. The molecule has 0 aromatic carbocycles. The van der Waals surface area contributed by atoms with Crippen LogP contribution in [0.3, 0.4) is 0 Å². The van der Waals surface area contributed by atoms with Gasteiger partial charge in [-0.15, -0.1) is 0 Å². The zero-order valence-electron chi connectivity index (χ0n) is 11.5. The third-order valence-electron chi connectivity index (χ3n) is 2.88. The van der Waals surface area contributed by atoms with E-state index in [1.807, 2.05) is 0 Å². The molecule has 0 spiro atoms. The van der Waals surface area contributed by atoms with E-state index in [0.717, 1.165) is 6.20 Å². The molecule has 1 amide bonds. The molecule has 0 radical (unpaired) electrons. The summed E-state index contributed by atoms with van der Waals surface area (Å²) in [6.45, 7) is 1.75. The van der Waals surface area contributed by atoms with Crippen LogP contribution in [0.4, 0.5) is 11.5 Å². The quantitative estimate of drug-likeness (QED) is 0.644. The summed E-state index contributed by atoms with van der Waals surface area (Å²) in [6.07, 6.45) is 2.60. The molecule has 1 unspecified atom stereocenters. The predicted molar refractivity (Wildman–Crippen MR) is 75.0 cm³/mol. The topological polar surface area (TPSA) is 110 Å². The van der Waals surface area contributed by atoms with Crippen molar-refractivity contribution in [3.63, 3.8) is 0 Å². The number of hydrogen-bond acceptors (Lipinski definition) is 6. The van der Waals surface area contributed by atoms with Gasteiger partial charge in [0.15, 0.2) is 0 Å². The first-order chi connectivity index (χ1) is 10.0. The monoisotopic (exact) mass is 290 g/mol. The highest BCUT2D eigenvalue weighted by Crippen LogP contribution is 2.20. The van der Waals surface area contributed by atoms with E-state index < -0.39 is 10.8 Å². The number of pyridine rings is 1. The number of hydrogen-bond donors (Lipinski definition) is 2. The van der Waals surface area contributed by atoms with Gasteiger partial charge in [-0.1, -0.05) is 0 Å². The smallest absolute Gasteiger partial charge is 0.288 e. The molecule has 0 aliphatic rings. The summed E-state index contributed by atoms with van der Waals surface area (Å²) in [5.74, 6) is 0.386.